The third-order valence-corrected chi connectivity index (χ3v) is 4.39. The maximum Gasteiger partial charge on any atom is 0.125 e. The Hall–Kier alpha value is -1.06. The lowest BCUT2D eigenvalue weighted by Crippen LogP contribution is -2.34. The molecule has 0 amide bonds. The first-order valence-electron chi connectivity index (χ1n) is 7.23. The molecule has 0 bridgehead atoms. The number of aliphatic hydroxyl groups is 1. The maximum absolute atomic E-state index is 10.8. The van der Waals surface area contributed by atoms with E-state index in [1.165, 1.54) is 0 Å². The summed E-state index contributed by atoms with van der Waals surface area (Å²) in [6.07, 6.45) is 2.59. The van der Waals surface area contributed by atoms with Crippen molar-refractivity contribution in [2.24, 2.45) is 17.1 Å². The summed E-state index contributed by atoms with van der Waals surface area (Å²) in [7, 11) is 0. The van der Waals surface area contributed by atoms with Crippen LogP contribution in [-0.2, 0) is 0 Å². The van der Waals surface area contributed by atoms with Gasteiger partial charge in [-0.05, 0) is 31.7 Å². The quantitative estimate of drug-likeness (QED) is 0.859. The first kappa shape index (κ1) is 14.4. The van der Waals surface area contributed by atoms with Crippen molar-refractivity contribution in [1.82, 2.24) is 0 Å². The Kier molecular flexibility index (Phi) is 4.48. The van der Waals surface area contributed by atoms with Crippen molar-refractivity contribution in [2.45, 2.75) is 39.2 Å². The number of para-hydroxylation sites is 1. The van der Waals surface area contributed by atoms with Gasteiger partial charge >= 0.3 is 0 Å². The zero-order valence-corrected chi connectivity index (χ0v) is 11.9. The fourth-order valence-corrected chi connectivity index (χ4v) is 3.30. The average Bonchev–Trinajstić information content (AvgIpc) is 2.82. The molecule has 3 atom stereocenters. The van der Waals surface area contributed by atoms with Crippen LogP contribution in [-0.4, -0.2) is 18.3 Å². The van der Waals surface area contributed by atoms with E-state index in [1.54, 1.807) is 0 Å². The van der Waals surface area contributed by atoms with Gasteiger partial charge in [0.1, 0.15) is 5.75 Å². The third-order valence-electron chi connectivity index (χ3n) is 4.39. The predicted molar refractivity (Wildman–Crippen MR) is 77.1 cm³/mol. The predicted octanol–water partition coefficient (Wildman–Crippen LogP) is 2.88. The van der Waals surface area contributed by atoms with Gasteiger partial charge in [0.25, 0.3) is 0 Å². The molecule has 0 heterocycles. The van der Waals surface area contributed by atoms with Gasteiger partial charge in [-0.15, -0.1) is 0 Å². The van der Waals surface area contributed by atoms with Gasteiger partial charge in [-0.2, -0.15) is 0 Å². The molecule has 3 unspecified atom stereocenters. The number of hydrogen-bond acceptors (Lipinski definition) is 3. The molecule has 2 rings (SSSR count). The van der Waals surface area contributed by atoms with Crippen molar-refractivity contribution in [3.05, 3.63) is 29.8 Å². The molecule has 0 spiro atoms. The molecule has 0 aromatic heterocycles. The SMILES string of the molecule is CCOc1ccccc1C(O)C1(CN)CCC(C)C1. The van der Waals surface area contributed by atoms with Gasteiger partial charge in [-0.1, -0.05) is 31.5 Å². The molecule has 1 saturated carbocycles. The van der Waals surface area contributed by atoms with E-state index in [0.717, 1.165) is 30.6 Å². The summed E-state index contributed by atoms with van der Waals surface area (Å²) in [4.78, 5) is 0. The van der Waals surface area contributed by atoms with Crippen LogP contribution in [0.25, 0.3) is 0 Å². The Morgan fingerprint density at radius 2 is 2.21 bits per heavy atom. The normalized spacial score (nSPS) is 28.3. The Labute approximate surface area is 115 Å². The van der Waals surface area contributed by atoms with Gasteiger partial charge in [0.15, 0.2) is 0 Å². The van der Waals surface area contributed by atoms with E-state index in [0.29, 0.717) is 19.1 Å². The number of benzene rings is 1. The highest BCUT2D eigenvalue weighted by atomic mass is 16.5. The van der Waals surface area contributed by atoms with Gasteiger partial charge in [0.05, 0.1) is 12.7 Å². The minimum Gasteiger partial charge on any atom is -0.493 e. The molecular weight excluding hydrogens is 238 g/mol. The van der Waals surface area contributed by atoms with Crippen molar-refractivity contribution in [3.8, 4) is 5.75 Å². The zero-order valence-electron chi connectivity index (χ0n) is 11.9. The lowest BCUT2D eigenvalue weighted by atomic mass is 9.76. The zero-order chi connectivity index (χ0) is 13.9. The molecule has 0 aliphatic heterocycles. The van der Waals surface area contributed by atoms with Crippen LogP contribution in [0.3, 0.4) is 0 Å². The maximum atomic E-state index is 10.8. The van der Waals surface area contributed by atoms with Crippen molar-refractivity contribution in [2.75, 3.05) is 13.2 Å². The van der Waals surface area contributed by atoms with Gasteiger partial charge in [-0.3, -0.25) is 0 Å². The minimum absolute atomic E-state index is 0.188. The largest absolute Gasteiger partial charge is 0.493 e. The van der Waals surface area contributed by atoms with Crippen LogP contribution in [0.4, 0.5) is 0 Å². The first-order chi connectivity index (χ1) is 9.13. The summed E-state index contributed by atoms with van der Waals surface area (Å²) in [5.74, 6) is 1.42. The molecule has 106 valence electrons. The van der Waals surface area contributed by atoms with Crippen molar-refractivity contribution >= 4 is 0 Å². The highest BCUT2D eigenvalue weighted by molar-refractivity contribution is 5.36. The van der Waals surface area contributed by atoms with Crippen LogP contribution >= 0.6 is 0 Å². The van der Waals surface area contributed by atoms with E-state index in [9.17, 15) is 5.11 Å². The second-order valence-electron chi connectivity index (χ2n) is 5.79. The van der Waals surface area contributed by atoms with Gasteiger partial charge in [0.2, 0.25) is 0 Å². The molecule has 3 heteroatoms. The Bertz CT molecular complexity index is 421. The smallest absolute Gasteiger partial charge is 0.125 e. The van der Waals surface area contributed by atoms with Crippen LogP contribution in [0.1, 0.15) is 44.8 Å². The Balaban J connectivity index is 2.30. The standard InChI is InChI=1S/C16H25NO2/c1-3-19-14-7-5-4-6-13(14)15(18)16(11-17)9-8-12(2)10-16/h4-7,12,15,18H,3,8-11,17H2,1-2H3. The van der Waals surface area contributed by atoms with Crippen molar-refractivity contribution in [1.29, 1.82) is 0 Å². The number of rotatable bonds is 5. The van der Waals surface area contributed by atoms with Crippen LogP contribution in [0.5, 0.6) is 5.75 Å². The molecule has 0 radical (unpaired) electrons. The molecule has 1 aromatic carbocycles. The highest BCUT2D eigenvalue weighted by Gasteiger charge is 2.43. The molecule has 1 aromatic rings. The van der Waals surface area contributed by atoms with Crippen LogP contribution in [0, 0.1) is 11.3 Å². The third kappa shape index (κ3) is 2.77. The summed E-state index contributed by atoms with van der Waals surface area (Å²) in [5.41, 5.74) is 6.68. The monoisotopic (exact) mass is 263 g/mol. The fourth-order valence-electron chi connectivity index (χ4n) is 3.30. The molecule has 1 fully saturated rings. The van der Waals surface area contributed by atoms with E-state index in [4.69, 9.17) is 10.5 Å². The molecule has 1 aliphatic rings. The van der Waals surface area contributed by atoms with Gasteiger partial charge in [0, 0.05) is 17.5 Å². The van der Waals surface area contributed by atoms with Crippen LogP contribution in [0.2, 0.25) is 0 Å². The van der Waals surface area contributed by atoms with E-state index in [1.807, 2.05) is 31.2 Å². The Morgan fingerprint density at radius 1 is 1.47 bits per heavy atom. The lowest BCUT2D eigenvalue weighted by Gasteiger charge is -2.34. The highest BCUT2D eigenvalue weighted by Crippen LogP contribution is 2.50. The van der Waals surface area contributed by atoms with E-state index in [-0.39, 0.29) is 5.41 Å². The van der Waals surface area contributed by atoms with Gasteiger partial charge in [-0.25, -0.2) is 0 Å². The number of nitrogens with two attached hydrogens (primary N) is 1. The molecule has 3 N–H and O–H groups in total. The first-order valence-corrected chi connectivity index (χ1v) is 7.23. The second-order valence-corrected chi connectivity index (χ2v) is 5.79. The van der Waals surface area contributed by atoms with E-state index >= 15 is 0 Å². The van der Waals surface area contributed by atoms with Crippen LogP contribution in [0.15, 0.2) is 24.3 Å². The molecule has 3 nitrogen and oxygen atoms in total. The topological polar surface area (TPSA) is 55.5 Å². The Morgan fingerprint density at radius 3 is 2.79 bits per heavy atom. The van der Waals surface area contributed by atoms with E-state index < -0.39 is 6.10 Å². The van der Waals surface area contributed by atoms with Gasteiger partial charge < -0.3 is 15.6 Å². The summed E-state index contributed by atoms with van der Waals surface area (Å²) in [6.45, 7) is 5.33. The fraction of sp³-hybridized carbons (Fsp3) is 0.625. The lowest BCUT2D eigenvalue weighted by molar-refractivity contribution is 0.0286. The summed E-state index contributed by atoms with van der Waals surface area (Å²) in [6, 6.07) is 7.76. The molecule has 1 aliphatic carbocycles. The molecule has 0 saturated heterocycles. The minimum atomic E-state index is -0.537. The summed E-state index contributed by atoms with van der Waals surface area (Å²) in [5, 5.41) is 10.8. The summed E-state index contributed by atoms with van der Waals surface area (Å²) < 4.78 is 5.63. The van der Waals surface area contributed by atoms with Crippen molar-refractivity contribution < 1.29 is 9.84 Å². The van der Waals surface area contributed by atoms with E-state index in [2.05, 4.69) is 6.92 Å². The average molecular weight is 263 g/mol. The van der Waals surface area contributed by atoms with Crippen molar-refractivity contribution in [3.63, 3.8) is 0 Å². The molecule has 19 heavy (non-hydrogen) atoms. The number of aliphatic hydroxyl groups excluding tert-OH is 1. The number of hydrogen-bond donors (Lipinski definition) is 2. The second kappa shape index (κ2) is 5.93. The summed E-state index contributed by atoms with van der Waals surface area (Å²) >= 11 is 0. The van der Waals surface area contributed by atoms with Crippen LogP contribution < -0.4 is 10.5 Å². The molecular formula is C16H25NO2. The number of ether oxygens (including phenoxy) is 1.